The van der Waals surface area contributed by atoms with Crippen LogP contribution in [0.1, 0.15) is 24.2 Å². The van der Waals surface area contributed by atoms with E-state index in [9.17, 15) is 9.90 Å². The van der Waals surface area contributed by atoms with Gasteiger partial charge in [0, 0.05) is 5.69 Å². The minimum atomic E-state index is -1.01. The van der Waals surface area contributed by atoms with Crippen LogP contribution in [0.4, 0.5) is 10.5 Å². The highest BCUT2D eigenvalue weighted by Crippen LogP contribution is 2.22. The van der Waals surface area contributed by atoms with Crippen molar-refractivity contribution in [3.63, 3.8) is 0 Å². The summed E-state index contributed by atoms with van der Waals surface area (Å²) >= 11 is 0. The monoisotopic (exact) mass is 315 g/mol. The Labute approximate surface area is 135 Å². The van der Waals surface area contributed by atoms with Crippen molar-refractivity contribution in [1.82, 2.24) is 10.3 Å². The highest BCUT2D eigenvalue weighted by atomic mass is 16.4. The van der Waals surface area contributed by atoms with Gasteiger partial charge in [-0.15, -0.1) is 0 Å². The van der Waals surface area contributed by atoms with Crippen molar-refractivity contribution < 1.29 is 14.3 Å². The Morgan fingerprint density at radius 2 is 2.04 bits per heavy atom. The summed E-state index contributed by atoms with van der Waals surface area (Å²) in [4.78, 5) is 16.6. The molecular formula is C17H21N3O3. The van der Waals surface area contributed by atoms with Crippen LogP contribution in [0.15, 0.2) is 41.3 Å². The number of amides is 1. The Kier molecular flexibility index (Phi) is 4.92. The van der Waals surface area contributed by atoms with Gasteiger partial charge in [-0.05, 0) is 56.0 Å². The zero-order valence-electron chi connectivity index (χ0n) is 12.9. The van der Waals surface area contributed by atoms with E-state index in [1.165, 1.54) is 35.9 Å². The summed E-state index contributed by atoms with van der Waals surface area (Å²) in [5.41, 5.74) is 1.90. The Bertz CT molecular complexity index is 619. The van der Waals surface area contributed by atoms with Crippen molar-refractivity contribution >= 4 is 11.8 Å². The molecule has 0 atom stereocenters. The van der Waals surface area contributed by atoms with Gasteiger partial charge in [0.1, 0.15) is 5.76 Å². The lowest BCUT2D eigenvalue weighted by molar-refractivity contribution is 0.200. The third kappa shape index (κ3) is 4.10. The first-order valence-electron chi connectivity index (χ1n) is 7.90. The van der Waals surface area contributed by atoms with Crippen LogP contribution in [-0.4, -0.2) is 29.3 Å². The SMILES string of the molecule is O=C(O)N(Cc1cnco1)c1ccc(CC2CCNCC2)cc1. The number of hydrogen-bond acceptors (Lipinski definition) is 4. The molecule has 1 aliphatic heterocycles. The summed E-state index contributed by atoms with van der Waals surface area (Å²) in [6, 6.07) is 7.77. The largest absolute Gasteiger partial charge is 0.465 e. The van der Waals surface area contributed by atoms with Crippen LogP contribution in [0.25, 0.3) is 0 Å². The number of rotatable bonds is 5. The molecule has 0 bridgehead atoms. The summed E-state index contributed by atoms with van der Waals surface area (Å²) in [7, 11) is 0. The van der Waals surface area contributed by atoms with Crippen LogP contribution >= 0.6 is 0 Å². The number of oxazole rings is 1. The first kappa shape index (κ1) is 15.6. The van der Waals surface area contributed by atoms with Gasteiger partial charge in [-0.1, -0.05) is 12.1 Å². The van der Waals surface area contributed by atoms with E-state index in [0.29, 0.717) is 17.4 Å². The molecule has 1 aromatic heterocycles. The maximum Gasteiger partial charge on any atom is 0.412 e. The van der Waals surface area contributed by atoms with Gasteiger partial charge in [0.25, 0.3) is 0 Å². The number of aromatic nitrogens is 1. The van der Waals surface area contributed by atoms with Crippen LogP contribution in [0.3, 0.4) is 0 Å². The highest BCUT2D eigenvalue weighted by Gasteiger charge is 2.17. The van der Waals surface area contributed by atoms with Gasteiger partial charge in [-0.3, -0.25) is 4.90 Å². The molecule has 0 radical (unpaired) electrons. The summed E-state index contributed by atoms with van der Waals surface area (Å²) in [5.74, 6) is 1.23. The van der Waals surface area contributed by atoms with Crippen molar-refractivity contribution in [2.24, 2.45) is 5.92 Å². The number of hydrogen-bond donors (Lipinski definition) is 2. The van der Waals surface area contributed by atoms with Gasteiger partial charge in [-0.2, -0.15) is 0 Å². The van der Waals surface area contributed by atoms with Crippen LogP contribution in [0.2, 0.25) is 0 Å². The lowest BCUT2D eigenvalue weighted by Crippen LogP contribution is -2.29. The lowest BCUT2D eigenvalue weighted by Gasteiger charge is -2.23. The van der Waals surface area contributed by atoms with Gasteiger partial charge in [-0.25, -0.2) is 9.78 Å². The predicted molar refractivity (Wildman–Crippen MR) is 86.5 cm³/mol. The molecule has 1 fully saturated rings. The van der Waals surface area contributed by atoms with E-state index in [1.54, 1.807) is 0 Å². The molecule has 6 heteroatoms. The summed E-state index contributed by atoms with van der Waals surface area (Å²) in [5, 5.41) is 12.8. The Morgan fingerprint density at radius 3 is 2.65 bits per heavy atom. The summed E-state index contributed by atoms with van der Waals surface area (Å²) in [6.07, 6.45) is 5.28. The molecule has 23 heavy (non-hydrogen) atoms. The average molecular weight is 315 g/mol. The molecule has 0 saturated carbocycles. The lowest BCUT2D eigenvalue weighted by atomic mass is 9.91. The van der Waals surface area contributed by atoms with E-state index >= 15 is 0 Å². The predicted octanol–water partition coefficient (Wildman–Crippen LogP) is 2.90. The maximum atomic E-state index is 11.5. The van der Waals surface area contributed by atoms with Crippen LogP contribution < -0.4 is 10.2 Å². The molecular weight excluding hydrogens is 294 g/mol. The molecule has 2 aromatic rings. The Balaban J connectivity index is 1.67. The van der Waals surface area contributed by atoms with Crippen LogP contribution in [0, 0.1) is 5.92 Å². The standard InChI is InChI=1S/C17H21N3O3/c21-17(22)20(11-16-10-19-12-23-16)15-3-1-13(2-4-15)9-14-5-7-18-8-6-14/h1-4,10,12,14,18H,5-9,11H2,(H,21,22). The van der Waals surface area contributed by atoms with Gasteiger partial charge < -0.3 is 14.8 Å². The Morgan fingerprint density at radius 1 is 1.30 bits per heavy atom. The molecule has 3 rings (SSSR count). The molecule has 1 amide bonds. The second-order valence-electron chi connectivity index (χ2n) is 5.90. The molecule has 2 N–H and O–H groups in total. The van der Waals surface area contributed by atoms with Crippen LogP contribution in [0.5, 0.6) is 0 Å². The number of nitrogens with one attached hydrogen (secondary N) is 1. The fourth-order valence-electron chi connectivity index (χ4n) is 2.98. The maximum absolute atomic E-state index is 11.5. The minimum absolute atomic E-state index is 0.156. The number of carbonyl (C=O) groups is 1. The van der Waals surface area contributed by atoms with E-state index < -0.39 is 6.09 Å². The van der Waals surface area contributed by atoms with Gasteiger partial charge in [0.15, 0.2) is 6.39 Å². The van der Waals surface area contributed by atoms with E-state index in [0.717, 1.165) is 19.5 Å². The number of benzene rings is 1. The van der Waals surface area contributed by atoms with Gasteiger partial charge in [0.05, 0.1) is 12.7 Å². The van der Waals surface area contributed by atoms with Crippen molar-refractivity contribution in [3.8, 4) is 0 Å². The van der Waals surface area contributed by atoms with Gasteiger partial charge >= 0.3 is 6.09 Å². The van der Waals surface area contributed by atoms with Crippen molar-refractivity contribution in [1.29, 1.82) is 0 Å². The van der Waals surface area contributed by atoms with Crippen molar-refractivity contribution in [2.75, 3.05) is 18.0 Å². The second-order valence-corrected chi connectivity index (χ2v) is 5.90. The molecule has 1 aromatic carbocycles. The fraction of sp³-hybridized carbons (Fsp3) is 0.412. The molecule has 6 nitrogen and oxygen atoms in total. The average Bonchev–Trinajstić information content (AvgIpc) is 3.07. The van der Waals surface area contributed by atoms with E-state index in [4.69, 9.17) is 4.42 Å². The molecule has 2 heterocycles. The van der Waals surface area contributed by atoms with E-state index in [-0.39, 0.29) is 6.54 Å². The third-order valence-electron chi connectivity index (χ3n) is 4.26. The van der Waals surface area contributed by atoms with Crippen molar-refractivity contribution in [2.45, 2.75) is 25.8 Å². The number of piperidine rings is 1. The van der Waals surface area contributed by atoms with Crippen molar-refractivity contribution in [3.05, 3.63) is 48.2 Å². The molecule has 0 unspecified atom stereocenters. The fourth-order valence-corrected chi connectivity index (χ4v) is 2.98. The Hall–Kier alpha value is -2.34. The smallest absolute Gasteiger partial charge is 0.412 e. The number of carboxylic acid groups (broad SMARTS) is 1. The first-order chi connectivity index (χ1) is 11.2. The molecule has 122 valence electrons. The zero-order valence-corrected chi connectivity index (χ0v) is 12.9. The van der Waals surface area contributed by atoms with Crippen LogP contribution in [-0.2, 0) is 13.0 Å². The highest BCUT2D eigenvalue weighted by molar-refractivity contribution is 5.85. The topological polar surface area (TPSA) is 78.6 Å². The first-order valence-corrected chi connectivity index (χ1v) is 7.90. The molecule has 1 saturated heterocycles. The molecule has 1 aliphatic rings. The minimum Gasteiger partial charge on any atom is -0.465 e. The van der Waals surface area contributed by atoms with E-state index in [2.05, 4.69) is 10.3 Å². The summed E-state index contributed by atoms with van der Waals surface area (Å²) in [6.45, 7) is 2.34. The number of nitrogens with zero attached hydrogens (tertiary/aromatic N) is 2. The number of anilines is 1. The third-order valence-corrected chi connectivity index (χ3v) is 4.26. The molecule has 0 aliphatic carbocycles. The quantitative estimate of drug-likeness (QED) is 0.887. The second kappa shape index (κ2) is 7.28. The van der Waals surface area contributed by atoms with Gasteiger partial charge in [0.2, 0.25) is 0 Å². The van der Waals surface area contributed by atoms with E-state index in [1.807, 2.05) is 24.3 Å². The molecule has 0 spiro atoms. The normalized spacial score (nSPS) is 15.5. The zero-order chi connectivity index (χ0) is 16.1. The summed E-state index contributed by atoms with van der Waals surface area (Å²) < 4.78 is 5.14.